The molecule has 0 amide bonds. The van der Waals surface area contributed by atoms with E-state index in [0.29, 0.717) is 10.4 Å². The summed E-state index contributed by atoms with van der Waals surface area (Å²) in [6.07, 6.45) is 1.61. The Labute approximate surface area is 105 Å². The third kappa shape index (κ3) is 2.44. The predicted octanol–water partition coefficient (Wildman–Crippen LogP) is 2.07. The molecule has 6 nitrogen and oxygen atoms in total. The van der Waals surface area contributed by atoms with Crippen LogP contribution >= 0.6 is 15.9 Å². The lowest BCUT2D eigenvalue weighted by Crippen LogP contribution is -2.04. The molecule has 17 heavy (non-hydrogen) atoms. The van der Waals surface area contributed by atoms with E-state index in [1.165, 1.54) is 17.8 Å². The lowest BCUT2D eigenvalue weighted by atomic mass is 10.4. The zero-order valence-electron chi connectivity index (χ0n) is 8.79. The zero-order valence-corrected chi connectivity index (χ0v) is 10.4. The average molecular weight is 298 g/mol. The number of carbonyl (C=O) groups is 1. The Balaban J connectivity index is 2.28. The molecule has 2 heterocycles. The number of hydrogen-bond donors (Lipinski definition) is 1. The first-order valence-corrected chi connectivity index (χ1v) is 5.43. The van der Waals surface area contributed by atoms with Crippen LogP contribution in [0.1, 0.15) is 10.5 Å². The zero-order chi connectivity index (χ0) is 12.4. The maximum Gasteiger partial charge on any atom is 0.354 e. The van der Waals surface area contributed by atoms with Crippen LogP contribution in [0.4, 0.5) is 0 Å². The monoisotopic (exact) mass is 297 g/mol. The first kappa shape index (κ1) is 11.6. The summed E-state index contributed by atoms with van der Waals surface area (Å²) in [5.41, 5.74) is 0.0556. The smallest absolute Gasteiger partial charge is 0.354 e. The van der Waals surface area contributed by atoms with Gasteiger partial charge in [0.05, 0.1) is 0 Å². The summed E-state index contributed by atoms with van der Waals surface area (Å²) in [6.45, 7) is 0. The van der Waals surface area contributed by atoms with Crippen molar-refractivity contribution in [1.29, 1.82) is 0 Å². The molecule has 0 aromatic carbocycles. The van der Waals surface area contributed by atoms with Crippen LogP contribution in [0, 0.1) is 0 Å². The fourth-order valence-corrected chi connectivity index (χ4v) is 1.58. The van der Waals surface area contributed by atoms with E-state index in [2.05, 4.69) is 26.0 Å². The van der Waals surface area contributed by atoms with Gasteiger partial charge in [0.25, 0.3) is 0 Å². The molecule has 2 aromatic rings. The summed E-state index contributed by atoms with van der Waals surface area (Å²) in [6, 6.07) is 4.76. The van der Waals surface area contributed by atoms with Gasteiger partial charge < -0.3 is 9.84 Å². The van der Waals surface area contributed by atoms with Gasteiger partial charge in [0.1, 0.15) is 10.3 Å². The van der Waals surface area contributed by atoms with Crippen molar-refractivity contribution < 1.29 is 14.6 Å². The molecule has 0 spiro atoms. The van der Waals surface area contributed by atoms with Crippen molar-refractivity contribution in [2.45, 2.75) is 0 Å². The van der Waals surface area contributed by atoms with Gasteiger partial charge in [-0.2, -0.15) is 0 Å². The first-order valence-electron chi connectivity index (χ1n) is 4.63. The topological polar surface area (TPSA) is 77.2 Å². The highest BCUT2D eigenvalue weighted by Crippen LogP contribution is 2.26. The Kier molecular flexibility index (Phi) is 3.10. The van der Waals surface area contributed by atoms with Gasteiger partial charge in [-0.05, 0) is 28.1 Å². The fourth-order valence-electron chi connectivity index (χ4n) is 1.25. The minimum Gasteiger partial charge on any atom is -0.477 e. The quantitative estimate of drug-likeness (QED) is 0.878. The van der Waals surface area contributed by atoms with E-state index < -0.39 is 5.97 Å². The maximum atomic E-state index is 10.8. The highest BCUT2D eigenvalue weighted by molar-refractivity contribution is 9.10. The van der Waals surface area contributed by atoms with E-state index in [1.54, 1.807) is 18.3 Å². The molecule has 2 rings (SSSR count). The molecule has 0 saturated heterocycles. The Morgan fingerprint density at radius 3 is 2.94 bits per heavy atom. The number of aromatic nitrogens is 3. The van der Waals surface area contributed by atoms with E-state index in [-0.39, 0.29) is 11.6 Å². The highest BCUT2D eigenvalue weighted by Gasteiger charge is 2.13. The molecule has 0 fully saturated rings. The van der Waals surface area contributed by atoms with E-state index in [4.69, 9.17) is 9.84 Å². The van der Waals surface area contributed by atoms with E-state index >= 15 is 0 Å². The number of nitrogens with zero attached hydrogens (tertiary/aromatic N) is 3. The second kappa shape index (κ2) is 4.54. The number of hydrogen-bond acceptors (Lipinski definition) is 4. The number of aromatic carboxylic acids is 1. The van der Waals surface area contributed by atoms with Crippen molar-refractivity contribution in [2.24, 2.45) is 7.05 Å². The minimum atomic E-state index is -1.06. The summed E-state index contributed by atoms with van der Waals surface area (Å²) < 4.78 is 7.18. The number of carboxylic acids is 1. The number of rotatable bonds is 3. The molecule has 88 valence electrons. The molecular weight excluding hydrogens is 290 g/mol. The van der Waals surface area contributed by atoms with Crippen LogP contribution in [-0.2, 0) is 7.05 Å². The van der Waals surface area contributed by atoms with Gasteiger partial charge in [-0.1, -0.05) is 0 Å². The molecule has 0 bridgehead atoms. The van der Waals surface area contributed by atoms with Gasteiger partial charge in [0.2, 0.25) is 5.88 Å². The van der Waals surface area contributed by atoms with E-state index in [1.807, 2.05) is 0 Å². The van der Waals surface area contributed by atoms with Gasteiger partial charge in [-0.3, -0.25) is 4.68 Å². The molecule has 0 atom stereocenters. The molecule has 7 heteroatoms. The molecule has 0 aliphatic heterocycles. The SMILES string of the molecule is Cn1nc(Oc2cccnc2Br)cc1C(=O)O. The lowest BCUT2D eigenvalue weighted by molar-refractivity contribution is 0.0685. The van der Waals surface area contributed by atoms with Gasteiger partial charge in [-0.15, -0.1) is 5.10 Å². The second-order valence-electron chi connectivity index (χ2n) is 3.19. The van der Waals surface area contributed by atoms with Crippen molar-refractivity contribution in [3.05, 3.63) is 34.7 Å². The van der Waals surface area contributed by atoms with Crippen molar-refractivity contribution in [1.82, 2.24) is 14.8 Å². The molecule has 2 aromatic heterocycles. The highest BCUT2D eigenvalue weighted by atomic mass is 79.9. The summed E-state index contributed by atoms with van der Waals surface area (Å²) in [5.74, 6) is -0.374. The van der Waals surface area contributed by atoms with Crippen LogP contribution < -0.4 is 4.74 Å². The van der Waals surface area contributed by atoms with E-state index in [9.17, 15) is 4.79 Å². The summed E-state index contributed by atoms with van der Waals surface area (Å²) in [7, 11) is 1.54. The van der Waals surface area contributed by atoms with Gasteiger partial charge in [0, 0.05) is 19.3 Å². The lowest BCUT2D eigenvalue weighted by Gasteiger charge is -2.02. The summed E-state index contributed by atoms with van der Waals surface area (Å²) >= 11 is 3.22. The maximum absolute atomic E-state index is 10.8. The molecule has 1 N–H and O–H groups in total. The van der Waals surface area contributed by atoms with Crippen molar-refractivity contribution in [3.8, 4) is 11.6 Å². The molecule has 0 aliphatic rings. The molecule has 0 aliphatic carbocycles. The van der Waals surface area contributed by atoms with Crippen molar-refractivity contribution in [2.75, 3.05) is 0 Å². The largest absolute Gasteiger partial charge is 0.477 e. The second-order valence-corrected chi connectivity index (χ2v) is 3.94. The summed E-state index contributed by atoms with van der Waals surface area (Å²) in [4.78, 5) is 14.8. The molecule has 0 saturated carbocycles. The van der Waals surface area contributed by atoms with Gasteiger partial charge in [-0.25, -0.2) is 9.78 Å². The Morgan fingerprint density at radius 1 is 1.59 bits per heavy atom. The summed E-state index contributed by atoms with van der Waals surface area (Å²) in [5, 5.41) is 12.8. The first-order chi connectivity index (χ1) is 8.08. The number of pyridine rings is 1. The molecular formula is C10H8BrN3O3. The Morgan fingerprint density at radius 2 is 2.35 bits per heavy atom. The normalized spacial score (nSPS) is 10.2. The van der Waals surface area contributed by atoms with Crippen LogP contribution in [-0.4, -0.2) is 25.8 Å². The van der Waals surface area contributed by atoms with Crippen LogP contribution in [0.25, 0.3) is 0 Å². The van der Waals surface area contributed by atoms with Gasteiger partial charge >= 0.3 is 5.97 Å². The third-order valence-electron chi connectivity index (χ3n) is 2.02. The standard InChI is InChI=1S/C10H8BrN3O3/c1-14-6(10(15)16)5-8(13-14)17-7-3-2-4-12-9(7)11/h2-5H,1H3,(H,15,16). The number of halogens is 1. The van der Waals surface area contributed by atoms with Gasteiger partial charge in [0.15, 0.2) is 5.75 Å². The molecule has 0 radical (unpaired) electrons. The average Bonchev–Trinajstić information content (AvgIpc) is 2.63. The minimum absolute atomic E-state index is 0.0556. The van der Waals surface area contributed by atoms with Crippen LogP contribution in [0.2, 0.25) is 0 Å². The Bertz CT molecular complexity index is 568. The van der Waals surface area contributed by atoms with Crippen LogP contribution in [0.5, 0.6) is 11.6 Å². The van der Waals surface area contributed by atoms with Crippen LogP contribution in [0.15, 0.2) is 29.0 Å². The third-order valence-corrected chi connectivity index (χ3v) is 2.61. The fraction of sp³-hybridized carbons (Fsp3) is 0.100. The predicted molar refractivity (Wildman–Crippen MR) is 62.2 cm³/mol. The van der Waals surface area contributed by atoms with E-state index in [0.717, 1.165) is 0 Å². The van der Waals surface area contributed by atoms with Crippen LogP contribution in [0.3, 0.4) is 0 Å². The molecule has 0 unspecified atom stereocenters. The number of aryl methyl sites for hydroxylation is 1. The number of ether oxygens (including phenoxy) is 1. The van der Waals surface area contributed by atoms with Crippen molar-refractivity contribution >= 4 is 21.9 Å². The number of carboxylic acid groups (broad SMARTS) is 1. The Hall–Kier alpha value is -1.89. The van der Waals surface area contributed by atoms with Crippen molar-refractivity contribution in [3.63, 3.8) is 0 Å².